The summed E-state index contributed by atoms with van der Waals surface area (Å²) in [7, 11) is 1.70. The molecule has 1 heterocycles. The number of pyridine rings is 1. The summed E-state index contributed by atoms with van der Waals surface area (Å²) in [5.74, 6) is 0.860. The predicted molar refractivity (Wildman–Crippen MR) is 134 cm³/mol. The summed E-state index contributed by atoms with van der Waals surface area (Å²) in [5.41, 5.74) is 4.63. The third-order valence-corrected chi connectivity index (χ3v) is 6.22. The van der Waals surface area contributed by atoms with Crippen molar-refractivity contribution in [1.29, 1.82) is 0 Å². The Balaban J connectivity index is 1.78. The van der Waals surface area contributed by atoms with Crippen LogP contribution in [0.15, 0.2) is 109 Å². The third-order valence-electron chi connectivity index (χ3n) is 6.22. The number of hydrogen-bond acceptors (Lipinski definition) is 2. The summed E-state index contributed by atoms with van der Waals surface area (Å²) >= 11 is 0. The van der Waals surface area contributed by atoms with Gasteiger partial charge in [-0.25, -0.2) is 0 Å². The van der Waals surface area contributed by atoms with Gasteiger partial charge in [-0.2, -0.15) is 0 Å². The van der Waals surface area contributed by atoms with Crippen LogP contribution in [0.25, 0.3) is 54.7 Å². The van der Waals surface area contributed by atoms with E-state index in [1.807, 2.05) is 18.3 Å². The van der Waals surface area contributed by atoms with Crippen LogP contribution in [0.1, 0.15) is 0 Å². The van der Waals surface area contributed by atoms with Crippen LogP contribution in [-0.4, -0.2) is 12.1 Å². The number of benzene rings is 5. The van der Waals surface area contributed by atoms with E-state index in [0.717, 1.165) is 11.4 Å². The molecule has 0 saturated heterocycles. The first-order valence-corrected chi connectivity index (χ1v) is 10.8. The topological polar surface area (TPSA) is 22.1 Å². The largest absolute Gasteiger partial charge is 0.497 e. The van der Waals surface area contributed by atoms with Gasteiger partial charge in [-0.05, 0) is 56.3 Å². The highest BCUT2D eigenvalue weighted by atomic mass is 16.5. The van der Waals surface area contributed by atoms with Crippen molar-refractivity contribution in [3.8, 4) is 28.1 Å². The molecule has 6 rings (SSSR count). The maximum absolute atomic E-state index is 5.39. The third kappa shape index (κ3) is 2.84. The van der Waals surface area contributed by atoms with Crippen LogP contribution in [-0.2, 0) is 0 Å². The zero-order valence-electron chi connectivity index (χ0n) is 17.7. The van der Waals surface area contributed by atoms with E-state index >= 15 is 0 Å². The molecule has 0 radical (unpaired) electrons. The van der Waals surface area contributed by atoms with Gasteiger partial charge in [-0.3, -0.25) is 4.98 Å². The SMILES string of the molecule is COc1ccc(-c2c3ccccc3c(-c3nccc4ccccc34)c3ccccc23)cc1. The Morgan fingerprint density at radius 3 is 1.66 bits per heavy atom. The predicted octanol–water partition coefficient (Wildman–Crippen LogP) is 7.88. The molecule has 0 saturated carbocycles. The summed E-state index contributed by atoms with van der Waals surface area (Å²) in [6.07, 6.45) is 1.92. The zero-order chi connectivity index (χ0) is 21.5. The molecule has 0 amide bonds. The summed E-state index contributed by atoms with van der Waals surface area (Å²) in [6.45, 7) is 0. The molecule has 0 aliphatic rings. The molecule has 2 nitrogen and oxygen atoms in total. The fourth-order valence-electron chi connectivity index (χ4n) is 4.77. The smallest absolute Gasteiger partial charge is 0.118 e. The van der Waals surface area contributed by atoms with Crippen LogP contribution < -0.4 is 4.74 Å². The van der Waals surface area contributed by atoms with Crippen LogP contribution in [0.5, 0.6) is 5.75 Å². The minimum atomic E-state index is 0.860. The first-order chi connectivity index (χ1) is 15.8. The summed E-state index contributed by atoms with van der Waals surface area (Å²) < 4.78 is 5.39. The van der Waals surface area contributed by atoms with Crippen LogP contribution in [0.4, 0.5) is 0 Å². The molecule has 0 N–H and O–H groups in total. The quantitative estimate of drug-likeness (QED) is 0.276. The van der Waals surface area contributed by atoms with E-state index in [4.69, 9.17) is 9.72 Å². The van der Waals surface area contributed by atoms with Crippen molar-refractivity contribution in [3.05, 3.63) is 109 Å². The minimum absolute atomic E-state index is 0.860. The van der Waals surface area contributed by atoms with Crippen molar-refractivity contribution in [2.24, 2.45) is 0 Å². The first kappa shape index (κ1) is 18.6. The second-order valence-corrected chi connectivity index (χ2v) is 7.95. The van der Waals surface area contributed by atoms with E-state index in [0.29, 0.717) is 0 Å². The number of ether oxygens (including phenoxy) is 1. The molecular formula is C30H21NO. The summed E-state index contributed by atoms with van der Waals surface area (Å²) in [6, 6.07) is 36.2. The maximum Gasteiger partial charge on any atom is 0.118 e. The average Bonchev–Trinajstić information content (AvgIpc) is 2.87. The van der Waals surface area contributed by atoms with Crippen LogP contribution in [0.3, 0.4) is 0 Å². The van der Waals surface area contributed by atoms with Gasteiger partial charge in [0.15, 0.2) is 0 Å². The number of fused-ring (bicyclic) bond motifs is 3. The van der Waals surface area contributed by atoms with Gasteiger partial charge in [-0.1, -0.05) is 84.9 Å². The van der Waals surface area contributed by atoms with Crippen molar-refractivity contribution >= 4 is 32.3 Å². The monoisotopic (exact) mass is 411 g/mol. The molecule has 32 heavy (non-hydrogen) atoms. The fraction of sp³-hybridized carbons (Fsp3) is 0.0333. The van der Waals surface area contributed by atoms with Gasteiger partial charge >= 0.3 is 0 Å². The highest BCUT2D eigenvalue weighted by Crippen LogP contribution is 2.44. The average molecular weight is 412 g/mol. The van der Waals surface area contributed by atoms with Crippen LogP contribution in [0, 0.1) is 0 Å². The standard InChI is InChI=1S/C30H21NO/c1-32-22-16-14-21(15-17-22)28-24-10-4-6-12-26(24)29(27-13-7-5-11-25(27)28)30-23-9-3-2-8-20(23)18-19-31-30/h2-19H,1H3. The minimum Gasteiger partial charge on any atom is -0.497 e. The number of methoxy groups -OCH3 is 1. The molecule has 2 heteroatoms. The number of aromatic nitrogens is 1. The van der Waals surface area contributed by atoms with E-state index in [2.05, 4.69) is 91.0 Å². The Morgan fingerprint density at radius 1 is 0.531 bits per heavy atom. The van der Waals surface area contributed by atoms with E-state index in [1.54, 1.807) is 7.11 Å². The van der Waals surface area contributed by atoms with E-state index in [-0.39, 0.29) is 0 Å². The molecule has 0 aliphatic carbocycles. The molecule has 0 spiro atoms. The Kier molecular flexibility index (Phi) is 4.36. The molecule has 1 aromatic heterocycles. The van der Waals surface area contributed by atoms with Gasteiger partial charge < -0.3 is 4.74 Å². The number of rotatable bonds is 3. The lowest BCUT2D eigenvalue weighted by Crippen LogP contribution is -1.93. The van der Waals surface area contributed by atoms with Gasteiger partial charge in [0.1, 0.15) is 5.75 Å². The molecule has 0 bridgehead atoms. The molecule has 0 aliphatic heterocycles. The lowest BCUT2D eigenvalue weighted by Gasteiger charge is -2.18. The lowest BCUT2D eigenvalue weighted by molar-refractivity contribution is 0.415. The molecule has 5 aromatic carbocycles. The molecular weight excluding hydrogens is 390 g/mol. The van der Waals surface area contributed by atoms with Gasteiger partial charge in [-0.15, -0.1) is 0 Å². The van der Waals surface area contributed by atoms with Crippen LogP contribution >= 0.6 is 0 Å². The van der Waals surface area contributed by atoms with Crippen LogP contribution in [0.2, 0.25) is 0 Å². The highest BCUT2D eigenvalue weighted by molar-refractivity contribution is 6.22. The van der Waals surface area contributed by atoms with Gasteiger partial charge in [0.2, 0.25) is 0 Å². The van der Waals surface area contributed by atoms with E-state index in [1.165, 1.54) is 49.0 Å². The Hall–Kier alpha value is -4.17. The summed E-state index contributed by atoms with van der Waals surface area (Å²) in [4.78, 5) is 4.89. The Bertz CT molecular complexity index is 1540. The molecule has 0 atom stereocenters. The first-order valence-electron chi connectivity index (χ1n) is 10.8. The molecule has 0 fully saturated rings. The maximum atomic E-state index is 5.39. The summed E-state index contributed by atoms with van der Waals surface area (Å²) in [5, 5.41) is 7.23. The second kappa shape index (κ2) is 7.51. The van der Waals surface area contributed by atoms with Gasteiger partial charge in [0, 0.05) is 17.1 Å². The van der Waals surface area contributed by atoms with Crippen molar-refractivity contribution in [2.45, 2.75) is 0 Å². The van der Waals surface area contributed by atoms with Gasteiger partial charge in [0.05, 0.1) is 12.8 Å². The molecule has 6 aromatic rings. The molecule has 0 unspecified atom stereocenters. The van der Waals surface area contributed by atoms with Crippen molar-refractivity contribution in [3.63, 3.8) is 0 Å². The van der Waals surface area contributed by atoms with Crippen molar-refractivity contribution in [2.75, 3.05) is 7.11 Å². The normalized spacial score (nSPS) is 11.3. The highest BCUT2D eigenvalue weighted by Gasteiger charge is 2.18. The van der Waals surface area contributed by atoms with E-state index < -0.39 is 0 Å². The Morgan fingerprint density at radius 2 is 1.06 bits per heavy atom. The fourth-order valence-corrected chi connectivity index (χ4v) is 4.77. The lowest BCUT2D eigenvalue weighted by atomic mass is 9.86. The van der Waals surface area contributed by atoms with Crippen molar-refractivity contribution in [1.82, 2.24) is 4.98 Å². The second-order valence-electron chi connectivity index (χ2n) is 7.95. The number of nitrogens with zero attached hydrogens (tertiary/aromatic N) is 1. The van der Waals surface area contributed by atoms with E-state index in [9.17, 15) is 0 Å². The zero-order valence-corrected chi connectivity index (χ0v) is 17.7. The van der Waals surface area contributed by atoms with Gasteiger partial charge in [0.25, 0.3) is 0 Å². The van der Waals surface area contributed by atoms with Crippen molar-refractivity contribution < 1.29 is 4.74 Å². The molecule has 152 valence electrons. The number of hydrogen-bond donors (Lipinski definition) is 0. The Labute approximate surface area is 186 Å².